The Bertz CT molecular complexity index is 498. The highest BCUT2D eigenvalue weighted by atomic mass is 16.5. The van der Waals surface area contributed by atoms with Crippen molar-refractivity contribution in [1.29, 1.82) is 0 Å². The number of rotatable bonds is 4. The summed E-state index contributed by atoms with van der Waals surface area (Å²) < 4.78 is 6.75. The topological polar surface area (TPSA) is 90.2 Å². The van der Waals surface area contributed by atoms with Crippen molar-refractivity contribution in [2.75, 3.05) is 19.8 Å². The van der Waals surface area contributed by atoms with Crippen LogP contribution in [0.3, 0.4) is 0 Å². The third kappa shape index (κ3) is 2.53. The van der Waals surface area contributed by atoms with Crippen molar-refractivity contribution < 1.29 is 25.2 Å². The zero-order valence-electron chi connectivity index (χ0n) is 16.0. The molecule has 2 aliphatic carbocycles. The van der Waals surface area contributed by atoms with Crippen molar-refractivity contribution in [3.05, 3.63) is 0 Å². The van der Waals surface area contributed by atoms with Crippen molar-refractivity contribution in [1.82, 2.24) is 0 Å². The standard InChI is InChI=1S/C20H36O5/c1-14-4-5-15-17(2,12-22)16(24)6-7-18(15,3)20(14)9-8-19(13-23,25-20)10-11-21/h14-16,21-24H,4-13H2,1-3H3/t14-,15-,16-,17+,18+,19+,20-/m1/s1. The van der Waals surface area contributed by atoms with Gasteiger partial charge in [-0.1, -0.05) is 20.8 Å². The van der Waals surface area contributed by atoms with E-state index < -0.39 is 17.1 Å². The first kappa shape index (κ1) is 19.6. The van der Waals surface area contributed by atoms with Gasteiger partial charge in [0.15, 0.2) is 0 Å². The molecule has 0 amide bonds. The molecule has 1 spiro atoms. The average Bonchev–Trinajstić information content (AvgIpc) is 2.99. The first-order valence-corrected chi connectivity index (χ1v) is 9.94. The fourth-order valence-electron chi connectivity index (χ4n) is 6.70. The maximum Gasteiger partial charge on any atom is 0.0942 e. The molecular formula is C20H36O5. The van der Waals surface area contributed by atoms with Gasteiger partial charge in [0.1, 0.15) is 0 Å². The van der Waals surface area contributed by atoms with Crippen LogP contribution in [0.25, 0.3) is 0 Å². The minimum Gasteiger partial charge on any atom is -0.396 e. The molecule has 0 radical (unpaired) electrons. The minimum absolute atomic E-state index is 0.0121. The molecule has 1 heterocycles. The summed E-state index contributed by atoms with van der Waals surface area (Å²) in [5.41, 5.74) is -1.66. The van der Waals surface area contributed by atoms with Gasteiger partial charge < -0.3 is 25.2 Å². The lowest BCUT2D eigenvalue weighted by Crippen LogP contribution is -2.66. The summed E-state index contributed by atoms with van der Waals surface area (Å²) in [5.74, 6) is 0.549. The van der Waals surface area contributed by atoms with E-state index in [0.29, 0.717) is 18.8 Å². The van der Waals surface area contributed by atoms with E-state index in [1.165, 1.54) is 0 Å². The monoisotopic (exact) mass is 356 g/mol. The second-order valence-corrected chi connectivity index (χ2v) is 9.47. The van der Waals surface area contributed by atoms with Crippen LogP contribution in [0, 0.1) is 22.7 Å². The fraction of sp³-hybridized carbons (Fsp3) is 1.00. The Morgan fingerprint density at radius 3 is 2.28 bits per heavy atom. The molecule has 0 aromatic heterocycles. The highest BCUT2D eigenvalue weighted by Gasteiger charge is 2.68. The van der Waals surface area contributed by atoms with Crippen molar-refractivity contribution >= 4 is 0 Å². The van der Waals surface area contributed by atoms with Crippen molar-refractivity contribution in [3.63, 3.8) is 0 Å². The van der Waals surface area contributed by atoms with Gasteiger partial charge in [0, 0.05) is 23.9 Å². The van der Waals surface area contributed by atoms with E-state index in [2.05, 4.69) is 13.8 Å². The molecule has 3 fully saturated rings. The third-order valence-corrected chi connectivity index (χ3v) is 8.46. The van der Waals surface area contributed by atoms with Gasteiger partial charge in [0.25, 0.3) is 0 Å². The molecule has 7 atom stereocenters. The largest absolute Gasteiger partial charge is 0.396 e. The zero-order chi connectivity index (χ0) is 18.5. The number of aliphatic hydroxyl groups is 4. The molecule has 146 valence electrons. The van der Waals surface area contributed by atoms with Gasteiger partial charge in [-0.15, -0.1) is 0 Å². The number of hydrogen-bond acceptors (Lipinski definition) is 5. The van der Waals surface area contributed by atoms with E-state index >= 15 is 0 Å². The van der Waals surface area contributed by atoms with Crippen molar-refractivity contribution in [2.45, 2.75) is 83.0 Å². The maximum absolute atomic E-state index is 10.6. The Kier molecular flexibility index (Phi) is 5.05. The lowest BCUT2D eigenvalue weighted by atomic mass is 9.43. The van der Waals surface area contributed by atoms with Crippen LogP contribution in [-0.2, 0) is 4.74 Å². The molecule has 1 aliphatic heterocycles. The lowest BCUT2D eigenvalue weighted by Gasteiger charge is -2.65. The Hall–Kier alpha value is -0.200. The smallest absolute Gasteiger partial charge is 0.0942 e. The van der Waals surface area contributed by atoms with E-state index in [1.807, 2.05) is 6.92 Å². The molecular weight excluding hydrogens is 320 g/mol. The predicted molar refractivity (Wildman–Crippen MR) is 95.0 cm³/mol. The van der Waals surface area contributed by atoms with Gasteiger partial charge >= 0.3 is 0 Å². The molecule has 0 unspecified atom stereocenters. The number of fused-ring (bicyclic) bond motifs is 2. The summed E-state index contributed by atoms with van der Waals surface area (Å²) in [6.45, 7) is 6.47. The fourth-order valence-corrected chi connectivity index (χ4v) is 6.70. The van der Waals surface area contributed by atoms with Gasteiger partial charge in [-0.3, -0.25) is 0 Å². The molecule has 0 aromatic rings. The summed E-state index contributed by atoms with van der Waals surface area (Å²) in [6.07, 6.45) is 5.15. The molecule has 3 rings (SSSR count). The van der Waals surface area contributed by atoms with Crippen molar-refractivity contribution in [2.24, 2.45) is 22.7 Å². The van der Waals surface area contributed by atoms with Gasteiger partial charge in [0.05, 0.1) is 30.5 Å². The number of hydrogen-bond donors (Lipinski definition) is 4. The van der Waals surface area contributed by atoms with Crippen molar-refractivity contribution in [3.8, 4) is 0 Å². The molecule has 1 saturated heterocycles. The molecule has 0 bridgehead atoms. The number of ether oxygens (including phenoxy) is 1. The van der Waals surface area contributed by atoms with E-state index in [4.69, 9.17) is 4.74 Å². The van der Waals surface area contributed by atoms with Crippen LogP contribution in [0.15, 0.2) is 0 Å². The van der Waals surface area contributed by atoms with E-state index in [-0.39, 0.29) is 36.8 Å². The molecule has 25 heavy (non-hydrogen) atoms. The van der Waals surface area contributed by atoms with Crippen LogP contribution in [0.4, 0.5) is 0 Å². The molecule has 0 aromatic carbocycles. The first-order valence-electron chi connectivity index (χ1n) is 9.94. The predicted octanol–water partition coefficient (Wildman–Crippen LogP) is 1.85. The molecule has 3 aliphatic rings. The van der Waals surface area contributed by atoms with Crippen LogP contribution in [0.1, 0.15) is 65.7 Å². The second kappa shape index (κ2) is 6.45. The SMILES string of the molecule is C[C@@H]1CC[C@@H]2[C@](C)(CO)[C@H](O)CC[C@]2(C)[C@@]12CC[C@@](CO)(CCO)O2. The Balaban J connectivity index is 2.02. The van der Waals surface area contributed by atoms with Crippen LogP contribution in [0.2, 0.25) is 0 Å². The van der Waals surface area contributed by atoms with E-state index in [0.717, 1.165) is 32.1 Å². The summed E-state index contributed by atoms with van der Waals surface area (Å²) in [6, 6.07) is 0. The normalized spacial score (nSPS) is 53.2. The van der Waals surface area contributed by atoms with Crippen LogP contribution in [-0.4, -0.2) is 57.6 Å². The second-order valence-electron chi connectivity index (χ2n) is 9.47. The van der Waals surface area contributed by atoms with E-state index in [9.17, 15) is 20.4 Å². The molecule has 5 heteroatoms. The number of aliphatic hydroxyl groups excluding tert-OH is 4. The summed E-state index contributed by atoms with van der Waals surface area (Å²) in [5, 5.41) is 40.2. The highest BCUT2D eigenvalue weighted by Crippen LogP contribution is 2.67. The van der Waals surface area contributed by atoms with Gasteiger partial charge in [-0.25, -0.2) is 0 Å². The average molecular weight is 357 g/mol. The quantitative estimate of drug-likeness (QED) is 0.617. The van der Waals surface area contributed by atoms with E-state index in [1.54, 1.807) is 0 Å². The summed E-state index contributed by atoms with van der Waals surface area (Å²) in [4.78, 5) is 0. The Labute approximate surface area is 151 Å². The molecule has 4 N–H and O–H groups in total. The summed E-state index contributed by atoms with van der Waals surface area (Å²) in [7, 11) is 0. The van der Waals surface area contributed by atoms with Crippen LogP contribution in [0.5, 0.6) is 0 Å². The zero-order valence-corrected chi connectivity index (χ0v) is 16.0. The maximum atomic E-state index is 10.6. The highest BCUT2D eigenvalue weighted by molar-refractivity contribution is 5.17. The first-order chi connectivity index (χ1) is 11.7. The molecule has 2 saturated carbocycles. The Morgan fingerprint density at radius 2 is 1.68 bits per heavy atom. The summed E-state index contributed by atoms with van der Waals surface area (Å²) >= 11 is 0. The third-order valence-electron chi connectivity index (χ3n) is 8.46. The van der Waals surface area contributed by atoms with Gasteiger partial charge in [-0.05, 0) is 50.4 Å². The molecule has 5 nitrogen and oxygen atoms in total. The van der Waals surface area contributed by atoms with Crippen LogP contribution < -0.4 is 0 Å². The van der Waals surface area contributed by atoms with Gasteiger partial charge in [-0.2, -0.15) is 0 Å². The lowest BCUT2D eigenvalue weighted by molar-refractivity contribution is -0.272. The Morgan fingerprint density at radius 1 is 0.960 bits per heavy atom. The van der Waals surface area contributed by atoms with Crippen LogP contribution >= 0.6 is 0 Å². The minimum atomic E-state index is -0.653. The van der Waals surface area contributed by atoms with Gasteiger partial charge in [0.2, 0.25) is 0 Å².